The molecule has 1 aromatic heterocycles. The molecule has 0 atom stereocenters. The summed E-state index contributed by atoms with van der Waals surface area (Å²) in [5.41, 5.74) is 0.215. The number of carboxylic acids is 1. The minimum Gasteiger partial charge on any atom is -0.478 e. The summed E-state index contributed by atoms with van der Waals surface area (Å²) >= 11 is 5.87. The van der Waals surface area contributed by atoms with Gasteiger partial charge in [-0.3, -0.25) is 0 Å². The zero-order valence-corrected chi connectivity index (χ0v) is 11.2. The van der Waals surface area contributed by atoms with E-state index in [0.717, 1.165) is 12.8 Å². The van der Waals surface area contributed by atoms with Gasteiger partial charge in [0.15, 0.2) is 0 Å². The van der Waals surface area contributed by atoms with E-state index in [-0.39, 0.29) is 5.56 Å². The minimum atomic E-state index is -0.961. The summed E-state index contributed by atoms with van der Waals surface area (Å²) in [6.07, 6.45) is 5.82. The number of anilines is 1. The van der Waals surface area contributed by atoms with Gasteiger partial charge in [0.1, 0.15) is 16.5 Å². The summed E-state index contributed by atoms with van der Waals surface area (Å²) in [5, 5.41) is 9.53. The van der Waals surface area contributed by atoms with Crippen LogP contribution in [-0.2, 0) is 0 Å². The van der Waals surface area contributed by atoms with E-state index in [1.807, 2.05) is 11.9 Å². The Morgan fingerprint density at radius 2 is 2.06 bits per heavy atom. The second kappa shape index (κ2) is 5.57. The van der Waals surface area contributed by atoms with Gasteiger partial charge in [0.05, 0.1) is 0 Å². The van der Waals surface area contributed by atoms with E-state index in [1.165, 1.54) is 31.4 Å². The summed E-state index contributed by atoms with van der Waals surface area (Å²) in [6, 6.07) is 3.40. The molecule has 0 aliphatic heterocycles. The molecule has 1 aliphatic carbocycles. The zero-order chi connectivity index (χ0) is 13.1. The van der Waals surface area contributed by atoms with Crippen molar-refractivity contribution in [3.05, 3.63) is 22.8 Å². The van der Waals surface area contributed by atoms with Crippen LogP contribution in [0.3, 0.4) is 0 Å². The molecule has 18 heavy (non-hydrogen) atoms. The van der Waals surface area contributed by atoms with Crippen molar-refractivity contribution in [3.63, 3.8) is 0 Å². The van der Waals surface area contributed by atoms with Crippen LogP contribution in [0.4, 0.5) is 5.82 Å². The van der Waals surface area contributed by atoms with E-state index in [9.17, 15) is 9.90 Å². The molecule has 2 rings (SSSR count). The van der Waals surface area contributed by atoms with E-state index in [4.69, 9.17) is 11.6 Å². The van der Waals surface area contributed by atoms with E-state index >= 15 is 0 Å². The van der Waals surface area contributed by atoms with Gasteiger partial charge in [0, 0.05) is 13.1 Å². The van der Waals surface area contributed by atoms with Gasteiger partial charge in [-0.05, 0) is 25.0 Å². The highest BCUT2D eigenvalue weighted by atomic mass is 35.5. The third kappa shape index (κ3) is 2.75. The standard InChI is InChI=1S/C13H17ClN2O2/c1-16(9-5-3-2-4-6-9)12-10(13(17)18)7-8-11(14)15-12/h7-9H,2-6H2,1H3,(H,17,18). The molecule has 1 fully saturated rings. The first-order valence-electron chi connectivity index (χ1n) is 6.22. The third-order valence-electron chi connectivity index (χ3n) is 3.53. The van der Waals surface area contributed by atoms with Crippen LogP contribution in [0.1, 0.15) is 42.5 Å². The third-order valence-corrected chi connectivity index (χ3v) is 3.74. The molecular formula is C13H17ClN2O2. The SMILES string of the molecule is CN(c1nc(Cl)ccc1C(=O)O)C1CCCCC1. The number of aromatic nitrogens is 1. The number of pyridine rings is 1. The predicted octanol–water partition coefficient (Wildman–Crippen LogP) is 3.20. The molecule has 1 aliphatic rings. The van der Waals surface area contributed by atoms with Crippen LogP contribution in [0.5, 0.6) is 0 Å². The lowest BCUT2D eigenvalue weighted by Gasteiger charge is -2.32. The minimum absolute atomic E-state index is 0.215. The summed E-state index contributed by atoms with van der Waals surface area (Å²) < 4.78 is 0. The maximum absolute atomic E-state index is 11.2. The molecule has 1 saturated carbocycles. The Bertz CT molecular complexity index is 445. The van der Waals surface area contributed by atoms with Gasteiger partial charge in [0.2, 0.25) is 0 Å². The molecule has 0 amide bonds. The summed E-state index contributed by atoms with van der Waals surface area (Å²) in [6.45, 7) is 0. The fraction of sp³-hybridized carbons (Fsp3) is 0.538. The Labute approximate surface area is 112 Å². The van der Waals surface area contributed by atoms with Crippen molar-refractivity contribution < 1.29 is 9.90 Å². The van der Waals surface area contributed by atoms with Crippen LogP contribution in [0.25, 0.3) is 0 Å². The maximum atomic E-state index is 11.2. The molecule has 1 aromatic rings. The normalized spacial score (nSPS) is 16.6. The van der Waals surface area contributed by atoms with Crippen molar-refractivity contribution in [1.29, 1.82) is 0 Å². The van der Waals surface area contributed by atoms with Crippen LogP contribution < -0.4 is 4.90 Å². The zero-order valence-electron chi connectivity index (χ0n) is 10.4. The second-order valence-electron chi connectivity index (χ2n) is 4.71. The molecule has 1 N–H and O–H groups in total. The van der Waals surface area contributed by atoms with Crippen LogP contribution in [-0.4, -0.2) is 29.1 Å². The molecular weight excluding hydrogens is 252 g/mol. The second-order valence-corrected chi connectivity index (χ2v) is 5.10. The van der Waals surface area contributed by atoms with Gasteiger partial charge in [-0.25, -0.2) is 9.78 Å². The predicted molar refractivity (Wildman–Crippen MR) is 71.5 cm³/mol. The number of hydrogen-bond acceptors (Lipinski definition) is 3. The van der Waals surface area contributed by atoms with Crippen molar-refractivity contribution in [1.82, 2.24) is 4.98 Å². The number of nitrogens with zero attached hydrogens (tertiary/aromatic N) is 2. The number of aromatic carboxylic acids is 1. The van der Waals surface area contributed by atoms with Crippen LogP contribution in [0.15, 0.2) is 12.1 Å². The van der Waals surface area contributed by atoms with Gasteiger partial charge < -0.3 is 10.0 Å². The van der Waals surface area contributed by atoms with Crippen LogP contribution in [0, 0.1) is 0 Å². The highest BCUT2D eigenvalue weighted by molar-refractivity contribution is 6.29. The molecule has 5 heteroatoms. The molecule has 98 valence electrons. The first-order valence-corrected chi connectivity index (χ1v) is 6.60. The van der Waals surface area contributed by atoms with Gasteiger partial charge in [-0.15, -0.1) is 0 Å². The van der Waals surface area contributed by atoms with E-state index in [0.29, 0.717) is 17.0 Å². The molecule has 0 saturated heterocycles. The number of carbonyl (C=O) groups is 1. The Hall–Kier alpha value is -1.29. The number of rotatable bonds is 3. The lowest BCUT2D eigenvalue weighted by molar-refractivity contribution is 0.0697. The topological polar surface area (TPSA) is 53.4 Å². The largest absolute Gasteiger partial charge is 0.478 e. The van der Waals surface area contributed by atoms with Crippen LogP contribution in [0.2, 0.25) is 5.15 Å². The van der Waals surface area contributed by atoms with E-state index in [2.05, 4.69) is 4.98 Å². The fourth-order valence-corrected chi connectivity index (χ4v) is 2.65. The maximum Gasteiger partial charge on any atom is 0.339 e. The molecule has 0 unspecified atom stereocenters. The highest BCUT2D eigenvalue weighted by Gasteiger charge is 2.23. The quantitative estimate of drug-likeness (QED) is 0.856. The first-order chi connectivity index (χ1) is 8.59. The monoisotopic (exact) mass is 268 g/mol. The molecule has 1 heterocycles. The Balaban J connectivity index is 2.30. The van der Waals surface area contributed by atoms with Gasteiger partial charge >= 0.3 is 5.97 Å². The van der Waals surface area contributed by atoms with Crippen LogP contribution >= 0.6 is 11.6 Å². The Morgan fingerprint density at radius 3 is 2.67 bits per heavy atom. The van der Waals surface area contributed by atoms with Crippen molar-refractivity contribution >= 4 is 23.4 Å². The van der Waals surface area contributed by atoms with E-state index in [1.54, 1.807) is 0 Å². The lowest BCUT2D eigenvalue weighted by Crippen LogP contribution is -2.35. The van der Waals surface area contributed by atoms with Gasteiger partial charge in [-0.2, -0.15) is 0 Å². The van der Waals surface area contributed by atoms with Crippen molar-refractivity contribution in [3.8, 4) is 0 Å². The fourth-order valence-electron chi connectivity index (χ4n) is 2.50. The Kier molecular flexibility index (Phi) is 4.07. The summed E-state index contributed by atoms with van der Waals surface area (Å²) in [5.74, 6) is -0.487. The smallest absolute Gasteiger partial charge is 0.339 e. The average Bonchev–Trinajstić information content (AvgIpc) is 2.38. The Morgan fingerprint density at radius 1 is 1.39 bits per heavy atom. The molecule has 0 aromatic carbocycles. The number of carboxylic acid groups (broad SMARTS) is 1. The molecule has 4 nitrogen and oxygen atoms in total. The summed E-state index contributed by atoms with van der Waals surface area (Å²) in [7, 11) is 1.90. The van der Waals surface area contributed by atoms with Gasteiger partial charge in [0.25, 0.3) is 0 Å². The molecule has 0 bridgehead atoms. The van der Waals surface area contributed by atoms with Crippen molar-refractivity contribution in [2.75, 3.05) is 11.9 Å². The van der Waals surface area contributed by atoms with Crippen molar-refractivity contribution in [2.45, 2.75) is 38.1 Å². The highest BCUT2D eigenvalue weighted by Crippen LogP contribution is 2.28. The number of hydrogen-bond donors (Lipinski definition) is 1. The average molecular weight is 269 g/mol. The first kappa shape index (κ1) is 13.1. The lowest BCUT2D eigenvalue weighted by atomic mass is 9.94. The molecule has 0 spiro atoms. The van der Waals surface area contributed by atoms with E-state index < -0.39 is 5.97 Å². The number of halogens is 1. The van der Waals surface area contributed by atoms with Gasteiger partial charge in [-0.1, -0.05) is 30.9 Å². The van der Waals surface area contributed by atoms with Crippen molar-refractivity contribution in [2.24, 2.45) is 0 Å². The molecule has 0 radical (unpaired) electrons. The summed E-state index contributed by atoms with van der Waals surface area (Å²) in [4.78, 5) is 17.4.